The van der Waals surface area contributed by atoms with Gasteiger partial charge >= 0.3 is 5.97 Å². The zero-order valence-corrected chi connectivity index (χ0v) is 15.0. The van der Waals surface area contributed by atoms with Crippen LogP contribution in [0.2, 0.25) is 0 Å². The number of methoxy groups -OCH3 is 1. The number of amides is 1. The van der Waals surface area contributed by atoms with Crippen LogP contribution < -0.4 is 4.74 Å². The van der Waals surface area contributed by atoms with E-state index in [9.17, 15) is 19.1 Å². The number of aliphatic hydroxyl groups is 1. The van der Waals surface area contributed by atoms with Crippen LogP contribution in [0.3, 0.4) is 0 Å². The molecule has 0 atom stereocenters. The summed E-state index contributed by atoms with van der Waals surface area (Å²) in [6, 6.07) is 13.2. The van der Waals surface area contributed by atoms with Gasteiger partial charge in [0.2, 0.25) is 5.76 Å². The fourth-order valence-corrected chi connectivity index (χ4v) is 2.22. The van der Waals surface area contributed by atoms with Crippen molar-refractivity contribution in [2.45, 2.75) is 13.2 Å². The minimum atomic E-state index is -0.979. The van der Waals surface area contributed by atoms with Crippen LogP contribution in [0, 0.1) is 5.82 Å². The first-order valence-electron chi connectivity index (χ1n) is 8.09. The van der Waals surface area contributed by atoms with Crippen molar-refractivity contribution in [1.29, 1.82) is 0 Å². The quantitative estimate of drug-likeness (QED) is 0.459. The Balaban J connectivity index is 1.97. The Labute approximate surface area is 156 Å². The molecule has 0 unspecified atom stereocenters. The maximum Gasteiger partial charge on any atom is 0.373 e. The second kappa shape index (κ2) is 9.38. The molecule has 0 aromatic heterocycles. The number of esters is 1. The smallest absolute Gasteiger partial charge is 0.373 e. The van der Waals surface area contributed by atoms with Crippen LogP contribution >= 0.6 is 0 Å². The average molecular weight is 373 g/mol. The van der Waals surface area contributed by atoms with Crippen molar-refractivity contribution >= 4 is 11.9 Å². The number of carbonyl (C=O) groups is 2. The van der Waals surface area contributed by atoms with E-state index < -0.39 is 17.6 Å². The van der Waals surface area contributed by atoms with E-state index in [4.69, 9.17) is 4.74 Å². The minimum absolute atomic E-state index is 0.248. The number of hydrogen-bond acceptors (Lipinski definition) is 5. The molecular formula is C20H20FNO5. The molecular weight excluding hydrogens is 353 g/mol. The lowest BCUT2D eigenvalue weighted by molar-refractivity contribution is -0.139. The number of ether oxygens (including phenoxy) is 2. The first-order chi connectivity index (χ1) is 12.9. The standard InChI is InChI=1S/C20H20FNO5/c1-22(19(24)11-18(23)20(25)26-2)12-15-4-3-5-17(10-15)27-13-14-6-8-16(21)9-7-14/h3-11,23H,12-13H2,1-2H3. The number of hydrogen-bond donors (Lipinski definition) is 1. The molecule has 2 rings (SSSR count). The first-order valence-corrected chi connectivity index (χ1v) is 8.09. The summed E-state index contributed by atoms with van der Waals surface area (Å²) in [6.45, 7) is 0.534. The highest BCUT2D eigenvalue weighted by molar-refractivity contribution is 5.96. The topological polar surface area (TPSA) is 76.1 Å². The zero-order valence-electron chi connectivity index (χ0n) is 15.0. The van der Waals surface area contributed by atoms with E-state index in [1.54, 1.807) is 30.3 Å². The van der Waals surface area contributed by atoms with E-state index in [-0.39, 0.29) is 19.0 Å². The van der Waals surface area contributed by atoms with Crippen LogP contribution in [0.25, 0.3) is 0 Å². The van der Waals surface area contributed by atoms with Gasteiger partial charge in [-0.1, -0.05) is 24.3 Å². The molecule has 0 aliphatic rings. The Morgan fingerprint density at radius 3 is 2.52 bits per heavy atom. The van der Waals surface area contributed by atoms with Crippen molar-refractivity contribution in [2.24, 2.45) is 0 Å². The highest BCUT2D eigenvalue weighted by Crippen LogP contribution is 2.17. The third-order valence-corrected chi connectivity index (χ3v) is 3.67. The number of nitrogens with zero attached hydrogens (tertiary/aromatic N) is 1. The molecule has 0 spiro atoms. The van der Waals surface area contributed by atoms with Gasteiger partial charge in [-0.2, -0.15) is 0 Å². The lowest BCUT2D eigenvalue weighted by Gasteiger charge is -2.16. The number of likely N-dealkylation sites (N-methyl/N-ethyl adjacent to an activating group) is 1. The van der Waals surface area contributed by atoms with Gasteiger partial charge in [-0.25, -0.2) is 9.18 Å². The predicted octanol–water partition coefficient (Wildman–Crippen LogP) is 2.98. The number of halogens is 1. The number of carbonyl (C=O) groups excluding carboxylic acids is 2. The van der Waals surface area contributed by atoms with Crippen molar-refractivity contribution in [3.8, 4) is 5.75 Å². The van der Waals surface area contributed by atoms with Crippen LogP contribution in [0.15, 0.2) is 60.4 Å². The van der Waals surface area contributed by atoms with Crippen molar-refractivity contribution in [2.75, 3.05) is 14.2 Å². The molecule has 0 radical (unpaired) electrons. The van der Waals surface area contributed by atoms with E-state index in [0.717, 1.165) is 24.3 Å². The summed E-state index contributed by atoms with van der Waals surface area (Å²) in [4.78, 5) is 24.5. The summed E-state index contributed by atoms with van der Waals surface area (Å²) in [7, 11) is 2.65. The largest absolute Gasteiger partial charge is 0.502 e. The normalized spacial score (nSPS) is 11.0. The summed E-state index contributed by atoms with van der Waals surface area (Å²) in [5.41, 5.74) is 1.63. The summed E-state index contributed by atoms with van der Waals surface area (Å²) < 4.78 is 22.9. The third-order valence-electron chi connectivity index (χ3n) is 3.67. The zero-order chi connectivity index (χ0) is 19.8. The van der Waals surface area contributed by atoms with Crippen LogP contribution in [-0.2, 0) is 27.5 Å². The molecule has 2 aromatic rings. The lowest BCUT2D eigenvalue weighted by Crippen LogP contribution is -2.25. The molecule has 0 saturated heterocycles. The molecule has 6 nitrogen and oxygen atoms in total. The lowest BCUT2D eigenvalue weighted by atomic mass is 10.2. The fraction of sp³-hybridized carbons (Fsp3) is 0.200. The maximum atomic E-state index is 12.9. The van der Waals surface area contributed by atoms with Gasteiger partial charge < -0.3 is 19.5 Å². The molecule has 0 fully saturated rings. The SMILES string of the molecule is COC(=O)C(O)=CC(=O)N(C)Cc1cccc(OCc2ccc(F)cc2)c1. The molecule has 0 heterocycles. The Bertz CT molecular complexity index is 833. The van der Waals surface area contributed by atoms with E-state index in [1.165, 1.54) is 24.1 Å². The molecule has 1 amide bonds. The van der Waals surface area contributed by atoms with Crippen LogP contribution in [-0.4, -0.2) is 36.0 Å². The van der Waals surface area contributed by atoms with Crippen molar-refractivity contribution in [3.05, 3.63) is 77.3 Å². The van der Waals surface area contributed by atoms with Gasteiger partial charge in [-0.15, -0.1) is 0 Å². The van der Waals surface area contributed by atoms with Crippen LogP contribution in [0.1, 0.15) is 11.1 Å². The average Bonchev–Trinajstić information content (AvgIpc) is 2.67. The van der Waals surface area contributed by atoms with E-state index in [1.807, 2.05) is 6.07 Å². The highest BCUT2D eigenvalue weighted by atomic mass is 19.1. The molecule has 1 N–H and O–H groups in total. The molecule has 0 saturated carbocycles. The van der Waals surface area contributed by atoms with Crippen molar-refractivity contribution in [3.63, 3.8) is 0 Å². The fourth-order valence-electron chi connectivity index (χ4n) is 2.22. The van der Waals surface area contributed by atoms with E-state index >= 15 is 0 Å². The second-order valence-electron chi connectivity index (χ2n) is 5.78. The third kappa shape index (κ3) is 6.14. The first kappa shape index (κ1) is 20.0. The summed E-state index contributed by atoms with van der Waals surface area (Å²) >= 11 is 0. The van der Waals surface area contributed by atoms with Crippen LogP contribution in [0.4, 0.5) is 4.39 Å². The van der Waals surface area contributed by atoms with Gasteiger partial charge in [0.25, 0.3) is 5.91 Å². The van der Waals surface area contributed by atoms with Gasteiger partial charge in [0.15, 0.2) is 0 Å². The number of benzene rings is 2. The van der Waals surface area contributed by atoms with Crippen molar-refractivity contribution in [1.82, 2.24) is 4.90 Å². The molecule has 27 heavy (non-hydrogen) atoms. The maximum absolute atomic E-state index is 12.9. The second-order valence-corrected chi connectivity index (χ2v) is 5.78. The van der Waals surface area contributed by atoms with Gasteiger partial charge in [0, 0.05) is 13.6 Å². The van der Waals surface area contributed by atoms with E-state index in [0.29, 0.717) is 5.75 Å². The Kier molecular flexibility index (Phi) is 6.93. The van der Waals surface area contributed by atoms with Gasteiger partial charge in [0.05, 0.1) is 13.2 Å². The molecule has 0 aliphatic heterocycles. The molecule has 0 bridgehead atoms. The molecule has 2 aromatic carbocycles. The van der Waals surface area contributed by atoms with Gasteiger partial charge in [-0.3, -0.25) is 4.79 Å². The molecule has 7 heteroatoms. The highest BCUT2D eigenvalue weighted by Gasteiger charge is 2.13. The monoisotopic (exact) mass is 373 g/mol. The van der Waals surface area contributed by atoms with Gasteiger partial charge in [-0.05, 0) is 35.4 Å². The number of aliphatic hydroxyl groups excluding tert-OH is 1. The summed E-state index contributed by atoms with van der Waals surface area (Å²) in [5, 5.41) is 9.44. The Hall–Kier alpha value is -3.35. The molecule has 142 valence electrons. The van der Waals surface area contributed by atoms with Crippen LogP contribution in [0.5, 0.6) is 5.75 Å². The Morgan fingerprint density at radius 1 is 1.15 bits per heavy atom. The van der Waals surface area contributed by atoms with E-state index in [2.05, 4.69) is 4.74 Å². The minimum Gasteiger partial charge on any atom is -0.502 e. The number of rotatable bonds is 7. The van der Waals surface area contributed by atoms with Gasteiger partial charge in [0.1, 0.15) is 18.2 Å². The van der Waals surface area contributed by atoms with Crippen molar-refractivity contribution < 1.29 is 28.6 Å². The summed E-state index contributed by atoms with van der Waals surface area (Å²) in [6.07, 6.45) is 0.806. The summed E-state index contributed by atoms with van der Waals surface area (Å²) in [5.74, 6) is -1.99. The molecule has 0 aliphatic carbocycles. The Morgan fingerprint density at radius 2 is 1.85 bits per heavy atom. The predicted molar refractivity (Wildman–Crippen MR) is 96.4 cm³/mol.